The van der Waals surface area contributed by atoms with E-state index in [1.165, 1.54) is 4.90 Å². The minimum Gasteiger partial charge on any atom is -0.426 e. The van der Waals surface area contributed by atoms with Gasteiger partial charge in [-0.1, -0.05) is 35.9 Å². The van der Waals surface area contributed by atoms with E-state index in [1.54, 1.807) is 55.6 Å². The normalized spacial score (nSPS) is 14.9. The van der Waals surface area contributed by atoms with Crippen LogP contribution in [0.3, 0.4) is 0 Å². The zero-order valence-electron chi connectivity index (χ0n) is 17.3. The molecule has 6 nitrogen and oxygen atoms in total. The number of aryl methyl sites for hydroxylation is 1. The van der Waals surface area contributed by atoms with Crippen molar-refractivity contribution in [2.45, 2.75) is 19.3 Å². The molecule has 0 saturated heterocycles. The Bertz CT molecular complexity index is 1140. The molecule has 156 valence electrons. The van der Waals surface area contributed by atoms with Crippen molar-refractivity contribution in [2.24, 2.45) is 0 Å². The van der Waals surface area contributed by atoms with Crippen LogP contribution in [0.1, 0.15) is 33.8 Å². The highest BCUT2D eigenvalue weighted by molar-refractivity contribution is 6.05. The number of anilines is 2. The lowest BCUT2D eigenvalue weighted by Crippen LogP contribution is -2.29. The van der Waals surface area contributed by atoms with E-state index >= 15 is 0 Å². The van der Waals surface area contributed by atoms with Crippen molar-refractivity contribution in [1.29, 1.82) is 0 Å². The van der Waals surface area contributed by atoms with E-state index in [-0.39, 0.29) is 18.2 Å². The van der Waals surface area contributed by atoms with Crippen molar-refractivity contribution in [3.05, 3.63) is 89.5 Å². The molecule has 0 bridgehead atoms. The van der Waals surface area contributed by atoms with Crippen LogP contribution < -0.4 is 15.0 Å². The molecule has 1 atom stereocenters. The van der Waals surface area contributed by atoms with E-state index in [4.69, 9.17) is 4.74 Å². The molecule has 1 unspecified atom stereocenters. The minimum absolute atomic E-state index is 0.0434. The lowest BCUT2D eigenvalue weighted by Gasteiger charge is -2.24. The molecule has 0 spiro atoms. The molecule has 1 heterocycles. The third kappa shape index (κ3) is 4.33. The number of para-hydroxylation sites is 1. The molecule has 1 aliphatic rings. The van der Waals surface area contributed by atoms with Gasteiger partial charge < -0.3 is 15.0 Å². The van der Waals surface area contributed by atoms with Gasteiger partial charge in [0.05, 0.1) is 5.92 Å². The fraction of sp³-hybridized carbons (Fsp3) is 0.160. The molecule has 0 fully saturated rings. The number of fused-ring (bicyclic) bond motifs is 1. The van der Waals surface area contributed by atoms with Crippen molar-refractivity contribution in [3.8, 4) is 5.75 Å². The maximum Gasteiger partial charge on any atom is 0.319 e. The molecule has 2 amide bonds. The topological polar surface area (TPSA) is 75.7 Å². The van der Waals surface area contributed by atoms with Gasteiger partial charge in [-0.3, -0.25) is 14.4 Å². The van der Waals surface area contributed by atoms with Gasteiger partial charge in [0.1, 0.15) is 5.75 Å². The SMILES string of the molecule is Cc1ccc(C(=O)N(C)c2ccc(OC(=O)C3CC(=O)Nc4ccccc43)cc2)cc1. The van der Waals surface area contributed by atoms with Gasteiger partial charge in [0.2, 0.25) is 5.91 Å². The van der Waals surface area contributed by atoms with Crippen molar-refractivity contribution >= 4 is 29.2 Å². The molecule has 1 N–H and O–H groups in total. The molecule has 0 radical (unpaired) electrons. The van der Waals surface area contributed by atoms with Crippen LogP contribution in [0.15, 0.2) is 72.8 Å². The van der Waals surface area contributed by atoms with E-state index in [2.05, 4.69) is 5.32 Å². The van der Waals surface area contributed by atoms with Crippen LogP contribution in [0.5, 0.6) is 5.75 Å². The van der Waals surface area contributed by atoms with E-state index in [0.29, 0.717) is 22.7 Å². The molecule has 31 heavy (non-hydrogen) atoms. The summed E-state index contributed by atoms with van der Waals surface area (Å²) in [6.07, 6.45) is 0.0434. The maximum atomic E-state index is 12.7. The average Bonchev–Trinajstić information content (AvgIpc) is 2.78. The van der Waals surface area contributed by atoms with E-state index < -0.39 is 11.9 Å². The first kappa shape index (κ1) is 20.3. The third-order valence-corrected chi connectivity index (χ3v) is 5.33. The summed E-state index contributed by atoms with van der Waals surface area (Å²) in [6, 6.07) is 21.3. The Morgan fingerprint density at radius 2 is 1.65 bits per heavy atom. The maximum absolute atomic E-state index is 12.7. The molecule has 1 aliphatic heterocycles. The van der Waals surface area contributed by atoms with Crippen LogP contribution in [-0.4, -0.2) is 24.8 Å². The van der Waals surface area contributed by atoms with Gasteiger partial charge in [0.25, 0.3) is 5.91 Å². The number of nitrogens with zero attached hydrogens (tertiary/aromatic N) is 1. The largest absolute Gasteiger partial charge is 0.426 e. The van der Waals surface area contributed by atoms with Gasteiger partial charge in [0.15, 0.2) is 0 Å². The minimum atomic E-state index is -0.657. The summed E-state index contributed by atoms with van der Waals surface area (Å²) < 4.78 is 5.53. The van der Waals surface area contributed by atoms with Crippen LogP contribution >= 0.6 is 0 Å². The second kappa shape index (κ2) is 8.44. The van der Waals surface area contributed by atoms with Crippen LogP contribution in [0, 0.1) is 6.92 Å². The number of hydrogen-bond acceptors (Lipinski definition) is 4. The summed E-state index contributed by atoms with van der Waals surface area (Å²) in [5.74, 6) is -1.13. The quantitative estimate of drug-likeness (QED) is 0.510. The molecule has 0 aromatic heterocycles. The second-order valence-corrected chi connectivity index (χ2v) is 7.54. The molecular formula is C25H22N2O4. The molecule has 4 rings (SSSR count). The van der Waals surface area contributed by atoms with Crippen LogP contribution in [-0.2, 0) is 9.59 Å². The number of amides is 2. The first-order valence-corrected chi connectivity index (χ1v) is 9.97. The molecule has 3 aromatic carbocycles. The number of benzene rings is 3. The highest BCUT2D eigenvalue weighted by atomic mass is 16.5. The fourth-order valence-corrected chi connectivity index (χ4v) is 3.55. The van der Waals surface area contributed by atoms with Gasteiger partial charge in [0, 0.05) is 30.4 Å². The van der Waals surface area contributed by atoms with Crippen molar-refractivity contribution in [1.82, 2.24) is 0 Å². The number of carbonyl (C=O) groups excluding carboxylic acids is 3. The van der Waals surface area contributed by atoms with E-state index in [0.717, 1.165) is 11.1 Å². The monoisotopic (exact) mass is 414 g/mol. The Balaban J connectivity index is 1.46. The molecular weight excluding hydrogens is 392 g/mol. The number of esters is 1. The molecule has 3 aromatic rings. The lowest BCUT2D eigenvalue weighted by atomic mass is 9.91. The van der Waals surface area contributed by atoms with Gasteiger partial charge in [-0.05, 0) is 55.0 Å². The summed E-state index contributed by atoms with van der Waals surface area (Å²) >= 11 is 0. The second-order valence-electron chi connectivity index (χ2n) is 7.54. The highest BCUT2D eigenvalue weighted by Crippen LogP contribution is 2.33. The summed E-state index contributed by atoms with van der Waals surface area (Å²) in [4.78, 5) is 38.9. The Hall–Kier alpha value is -3.93. The van der Waals surface area contributed by atoms with Gasteiger partial charge in [-0.2, -0.15) is 0 Å². The summed E-state index contributed by atoms with van der Waals surface area (Å²) in [5, 5.41) is 2.77. The smallest absolute Gasteiger partial charge is 0.319 e. The van der Waals surface area contributed by atoms with E-state index in [1.807, 2.05) is 31.2 Å². The molecule has 0 aliphatic carbocycles. The number of nitrogens with one attached hydrogen (secondary N) is 1. The van der Waals surface area contributed by atoms with Gasteiger partial charge in [-0.25, -0.2) is 0 Å². The Kier molecular flexibility index (Phi) is 5.54. The number of carbonyl (C=O) groups is 3. The summed E-state index contributed by atoms with van der Waals surface area (Å²) in [7, 11) is 1.70. The third-order valence-electron chi connectivity index (χ3n) is 5.33. The summed E-state index contributed by atoms with van der Waals surface area (Å²) in [5.41, 5.74) is 3.73. The first-order chi connectivity index (χ1) is 14.9. The Morgan fingerprint density at radius 1 is 0.968 bits per heavy atom. The standard InChI is InChI=1S/C25H22N2O4/c1-16-7-9-17(10-8-16)24(29)27(2)18-11-13-19(14-12-18)31-25(30)21-15-23(28)26-22-6-4-3-5-20(21)22/h3-14,21H,15H2,1-2H3,(H,26,28). The van der Waals surface area contributed by atoms with Gasteiger partial charge >= 0.3 is 5.97 Å². The molecule has 6 heteroatoms. The fourth-order valence-electron chi connectivity index (χ4n) is 3.55. The van der Waals surface area contributed by atoms with E-state index in [9.17, 15) is 14.4 Å². The number of hydrogen-bond donors (Lipinski definition) is 1. The average molecular weight is 414 g/mol. The number of rotatable bonds is 4. The van der Waals surface area contributed by atoms with Crippen molar-refractivity contribution < 1.29 is 19.1 Å². The predicted molar refractivity (Wildman–Crippen MR) is 118 cm³/mol. The molecule has 0 saturated carbocycles. The van der Waals surface area contributed by atoms with Gasteiger partial charge in [-0.15, -0.1) is 0 Å². The number of ether oxygens (including phenoxy) is 1. The first-order valence-electron chi connectivity index (χ1n) is 9.97. The van der Waals surface area contributed by atoms with Crippen molar-refractivity contribution in [3.63, 3.8) is 0 Å². The zero-order chi connectivity index (χ0) is 22.0. The van der Waals surface area contributed by atoms with Crippen molar-refractivity contribution in [2.75, 3.05) is 17.3 Å². The van der Waals surface area contributed by atoms with Crippen LogP contribution in [0.2, 0.25) is 0 Å². The zero-order valence-corrected chi connectivity index (χ0v) is 17.3. The highest BCUT2D eigenvalue weighted by Gasteiger charge is 2.32. The predicted octanol–water partition coefficient (Wildman–Crippen LogP) is 4.30. The Morgan fingerprint density at radius 3 is 2.35 bits per heavy atom. The van der Waals surface area contributed by atoms with Crippen LogP contribution in [0.4, 0.5) is 11.4 Å². The Labute approximate surface area is 180 Å². The lowest BCUT2D eigenvalue weighted by molar-refractivity contribution is -0.138. The van der Waals surface area contributed by atoms with Crippen LogP contribution in [0.25, 0.3) is 0 Å². The summed E-state index contributed by atoms with van der Waals surface area (Å²) in [6.45, 7) is 1.97.